The van der Waals surface area contributed by atoms with E-state index >= 15 is 0 Å². The molecule has 2 heterocycles. The third kappa shape index (κ3) is 3.42. The maximum Gasteiger partial charge on any atom is 0.433 e. The average Bonchev–Trinajstić information content (AvgIpc) is 2.96. The number of aromatic nitrogens is 2. The van der Waals surface area contributed by atoms with Crippen LogP contribution in [0.25, 0.3) is 0 Å². The number of hydrogen-bond donors (Lipinski definition) is 2. The van der Waals surface area contributed by atoms with Gasteiger partial charge >= 0.3 is 6.18 Å². The van der Waals surface area contributed by atoms with E-state index in [9.17, 15) is 22.8 Å². The molecule has 0 radical (unpaired) electrons. The Balaban J connectivity index is 1.80. The summed E-state index contributed by atoms with van der Waals surface area (Å²) in [5, 5.41) is 8.88. The maximum absolute atomic E-state index is 13.1. The van der Waals surface area contributed by atoms with Gasteiger partial charge in [-0.05, 0) is 30.5 Å². The van der Waals surface area contributed by atoms with Gasteiger partial charge in [-0.25, -0.2) is 0 Å². The highest BCUT2D eigenvalue weighted by Gasteiger charge is 2.39. The van der Waals surface area contributed by atoms with Crippen LogP contribution in [0.2, 0.25) is 0 Å². The minimum atomic E-state index is -4.68. The number of hydrogen-bond acceptors (Lipinski definition) is 3. The topological polar surface area (TPSA) is 76.0 Å². The lowest BCUT2D eigenvalue weighted by Gasteiger charge is -2.20. The molecule has 26 heavy (non-hydrogen) atoms. The first-order chi connectivity index (χ1) is 12.2. The molecule has 0 spiro atoms. The highest BCUT2D eigenvalue weighted by Crippen LogP contribution is 2.32. The molecule has 1 aliphatic rings. The smallest absolute Gasteiger partial charge is 0.345 e. The second kappa shape index (κ2) is 6.47. The van der Waals surface area contributed by atoms with Crippen LogP contribution in [-0.2, 0) is 24.4 Å². The summed E-state index contributed by atoms with van der Waals surface area (Å²) in [6.45, 7) is 1.69. The van der Waals surface area contributed by atoms with Crippen LogP contribution in [-0.4, -0.2) is 21.6 Å². The lowest BCUT2D eigenvalue weighted by Crippen LogP contribution is -2.29. The Bertz CT molecular complexity index is 873. The Morgan fingerprint density at radius 2 is 2.08 bits per heavy atom. The van der Waals surface area contributed by atoms with Crippen molar-refractivity contribution in [3.8, 4) is 0 Å². The highest BCUT2D eigenvalue weighted by atomic mass is 19.4. The average molecular weight is 366 g/mol. The van der Waals surface area contributed by atoms with E-state index in [0.29, 0.717) is 17.5 Å². The monoisotopic (exact) mass is 366 g/mol. The molecule has 138 valence electrons. The quantitative estimate of drug-likeness (QED) is 0.877. The van der Waals surface area contributed by atoms with Crippen LogP contribution in [0.1, 0.15) is 46.6 Å². The Morgan fingerprint density at radius 1 is 1.35 bits per heavy atom. The van der Waals surface area contributed by atoms with E-state index < -0.39 is 29.4 Å². The van der Waals surface area contributed by atoms with Gasteiger partial charge in [0.2, 0.25) is 5.91 Å². The molecule has 2 aromatic rings. The molecule has 2 N–H and O–H groups in total. The fourth-order valence-electron chi connectivity index (χ4n) is 2.97. The molecule has 3 rings (SSSR count). The van der Waals surface area contributed by atoms with E-state index in [2.05, 4.69) is 15.7 Å². The molecule has 0 aliphatic carbocycles. The number of alkyl halides is 3. The summed E-state index contributed by atoms with van der Waals surface area (Å²) in [5.41, 5.74) is 0.786. The minimum Gasteiger partial charge on any atom is -0.345 e. The highest BCUT2D eigenvalue weighted by molar-refractivity contribution is 5.96. The van der Waals surface area contributed by atoms with E-state index in [4.69, 9.17) is 0 Å². The molecular weight excluding hydrogens is 349 g/mol. The Labute approximate surface area is 147 Å². The predicted molar refractivity (Wildman–Crippen MR) is 87.5 cm³/mol. The number of carbonyl (C=O) groups is 2. The van der Waals surface area contributed by atoms with Crippen LogP contribution in [0.5, 0.6) is 0 Å². The van der Waals surface area contributed by atoms with Gasteiger partial charge < -0.3 is 10.6 Å². The van der Waals surface area contributed by atoms with Crippen molar-refractivity contribution in [3.63, 3.8) is 0 Å². The first-order valence-electron chi connectivity index (χ1n) is 7.99. The Morgan fingerprint density at radius 3 is 2.77 bits per heavy atom. The number of halogens is 3. The molecule has 2 amide bonds. The van der Waals surface area contributed by atoms with Crippen LogP contribution in [0.3, 0.4) is 0 Å². The van der Waals surface area contributed by atoms with Crippen molar-refractivity contribution in [2.45, 2.75) is 32.0 Å². The normalized spacial score (nSPS) is 15.2. The van der Waals surface area contributed by atoms with Gasteiger partial charge in [-0.15, -0.1) is 0 Å². The van der Waals surface area contributed by atoms with Crippen molar-refractivity contribution >= 4 is 17.5 Å². The van der Waals surface area contributed by atoms with Gasteiger partial charge in [-0.3, -0.25) is 14.3 Å². The van der Waals surface area contributed by atoms with E-state index in [1.807, 2.05) is 6.07 Å². The van der Waals surface area contributed by atoms with Gasteiger partial charge in [0.05, 0.1) is 17.8 Å². The molecule has 0 saturated heterocycles. The van der Waals surface area contributed by atoms with Crippen molar-refractivity contribution in [1.29, 1.82) is 0 Å². The first kappa shape index (κ1) is 18.0. The molecule has 0 unspecified atom stereocenters. The molecule has 1 aromatic heterocycles. The maximum atomic E-state index is 13.1. The summed E-state index contributed by atoms with van der Waals surface area (Å²) in [6.07, 6.45) is -2.81. The third-order valence-corrected chi connectivity index (χ3v) is 4.32. The van der Waals surface area contributed by atoms with Gasteiger partial charge in [0.25, 0.3) is 5.91 Å². The second-order valence-electron chi connectivity index (χ2n) is 6.19. The number of nitrogens with one attached hydrogen (secondary N) is 2. The molecule has 6 nitrogen and oxygen atoms in total. The van der Waals surface area contributed by atoms with E-state index in [0.717, 1.165) is 30.1 Å². The molecule has 1 aliphatic heterocycles. The molecule has 0 saturated carbocycles. The van der Waals surface area contributed by atoms with Crippen molar-refractivity contribution in [2.75, 3.05) is 5.32 Å². The molecule has 0 fully saturated rings. The Kier molecular flexibility index (Phi) is 4.47. The number of benzene rings is 1. The van der Waals surface area contributed by atoms with Crippen LogP contribution >= 0.6 is 0 Å². The standard InChI is InChI=1S/C17H17F3N4O2/c1-9(10-3-5-13-11(7-10)4-6-14(25)23-13)22-16(26)12-8-21-24(2)15(12)17(18,19)20/h3,5,7-9H,4,6H2,1-2H3,(H,22,26)(H,23,25)/t9-/m0/s1. The zero-order chi connectivity index (χ0) is 19.1. The van der Waals surface area contributed by atoms with E-state index in [1.165, 1.54) is 0 Å². The van der Waals surface area contributed by atoms with Crippen LogP contribution < -0.4 is 10.6 Å². The number of aryl methyl sites for hydroxylation is 2. The molecule has 9 heteroatoms. The van der Waals surface area contributed by atoms with E-state index in [-0.39, 0.29) is 5.91 Å². The molecular formula is C17H17F3N4O2. The zero-order valence-electron chi connectivity index (χ0n) is 14.1. The fourth-order valence-corrected chi connectivity index (χ4v) is 2.97. The summed E-state index contributed by atoms with van der Waals surface area (Å²) < 4.78 is 40.0. The molecule has 0 bridgehead atoms. The largest absolute Gasteiger partial charge is 0.433 e. The number of rotatable bonds is 3. The van der Waals surface area contributed by atoms with Gasteiger partial charge in [0.15, 0.2) is 5.69 Å². The minimum absolute atomic E-state index is 0.0529. The van der Waals surface area contributed by atoms with E-state index in [1.54, 1.807) is 19.1 Å². The predicted octanol–water partition coefficient (Wildman–Crippen LogP) is 2.81. The SMILES string of the molecule is C[C@H](NC(=O)c1cnn(C)c1C(F)(F)F)c1ccc2c(c1)CCC(=O)N2. The number of anilines is 1. The van der Waals surface area contributed by atoms with Crippen LogP contribution in [0.15, 0.2) is 24.4 Å². The summed E-state index contributed by atoms with van der Waals surface area (Å²) in [7, 11) is 1.14. The van der Waals surface area contributed by atoms with Crippen LogP contribution in [0.4, 0.5) is 18.9 Å². The lowest BCUT2D eigenvalue weighted by molar-refractivity contribution is -0.144. The summed E-state index contributed by atoms with van der Waals surface area (Å²) in [6, 6.07) is 4.79. The third-order valence-electron chi connectivity index (χ3n) is 4.32. The summed E-state index contributed by atoms with van der Waals surface area (Å²) in [4.78, 5) is 23.7. The lowest BCUT2D eigenvalue weighted by atomic mass is 9.97. The zero-order valence-corrected chi connectivity index (χ0v) is 14.1. The first-order valence-corrected chi connectivity index (χ1v) is 7.99. The Hall–Kier alpha value is -2.84. The van der Waals surface area contributed by atoms with Crippen molar-refractivity contribution in [3.05, 3.63) is 46.8 Å². The van der Waals surface area contributed by atoms with Gasteiger partial charge in [-0.2, -0.15) is 18.3 Å². The summed E-state index contributed by atoms with van der Waals surface area (Å²) in [5.74, 6) is -0.896. The number of carbonyl (C=O) groups excluding carboxylic acids is 2. The molecule has 1 aromatic carbocycles. The fraction of sp³-hybridized carbons (Fsp3) is 0.353. The van der Waals surface area contributed by atoms with Gasteiger partial charge in [-0.1, -0.05) is 12.1 Å². The van der Waals surface area contributed by atoms with Crippen molar-refractivity contribution in [1.82, 2.24) is 15.1 Å². The van der Waals surface area contributed by atoms with Crippen LogP contribution in [0, 0.1) is 0 Å². The number of amides is 2. The number of fused-ring (bicyclic) bond motifs is 1. The number of nitrogens with zero attached hydrogens (tertiary/aromatic N) is 2. The van der Waals surface area contributed by atoms with Gasteiger partial charge in [0, 0.05) is 19.2 Å². The van der Waals surface area contributed by atoms with Crippen molar-refractivity contribution < 1.29 is 22.8 Å². The second-order valence-corrected chi connectivity index (χ2v) is 6.19. The molecule has 1 atom stereocenters. The van der Waals surface area contributed by atoms with Crippen molar-refractivity contribution in [2.24, 2.45) is 7.05 Å². The summed E-state index contributed by atoms with van der Waals surface area (Å²) >= 11 is 0. The van der Waals surface area contributed by atoms with Gasteiger partial charge in [0.1, 0.15) is 0 Å².